The van der Waals surface area contributed by atoms with Crippen LogP contribution in [0.1, 0.15) is 29.3 Å². The molecule has 0 heterocycles. The SMILES string of the molecule is CCC(=O)N(C)Cc1ccc(C(=O)NC)cc1. The van der Waals surface area contributed by atoms with Gasteiger partial charge in [0.15, 0.2) is 0 Å². The zero-order valence-corrected chi connectivity index (χ0v) is 10.5. The molecule has 0 fully saturated rings. The Hall–Kier alpha value is -1.84. The molecule has 4 heteroatoms. The maximum absolute atomic E-state index is 11.4. The van der Waals surface area contributed by atoms with E-state index in [-0.39, 0.29) is 11.8 Å². The lowest BCUT2D eigenvalue weighted by Crippen LogP contribution is -2.25. The molecular weight excluding hydrogens is 216 g/mol. The maximum Gasteiger partial charge on any atom is 0.251 e. The standard InChI is InChI=1S/C13H18N2O2/c1-4-12(16)15(3)9-10-5-7-11(8-6-10)13(17)14-2/h5-8H,4,9H2,1-3H3,(H,14,17). The van der Waals surface area contributed by atoms with E-state index in [2.05, 4.69) is 5.32 Å². The van der Waals surface area contributed by atoms with Gasteiger partial charge in [0.1, 0.15) is 0 Å². The van der Waals surface area contributed by atoms with Crippen molar-refractivity contribution in [1.29, 1.82) is 0 Å². The van der Waals surface area contributed by atoms with Crippen molar-refractivity contribution in [2.24, 2.45) is 0 Å². The second kappa shape index (κ2) is 6.03. The molecule has 0 aliphatic carbocycles. The number of nitrogens with one attached hydrogen (secondary N) is 1. The second-order valence-electron chi connectivity index (χ2n) is 3.88. The lowest BCUT2D eigenvalue weighted by molar-refractivity contribution is -0.130. The van der Waals surface area contributed by atoms with Crippen molar-refractivity contribution < 1.29 is 9.59 Å². The van der Waals surface area contributed by atoms with Gasteiger partial charge in [-0.2, -0.15) is 0 Å². The van der Waals surface area contributed by atoms with E-state index in [9.17, 15) is 9.59 Å². The van der Waals surface area contributed by atoms with Gasteiger partial charge < -0.3 is 10.2 Å². The van der Waals surface area contributed by atoms with Crippen molar-refractivity contribution in [2.45, 2.75) is 19.9 Å². The van der Waals surface area contributed by atoms with Gasteiger partial charge in [-0.05, 0) is 17.7 Å². The summed E-state index contributed by atoms with van der Waals surface area (Å²) in [6.45, 7) is 2.41. The van der Waals surface area contributed by atoms with Crippen LogP contribution in [0.5, 0.6) is 0 Å². The number of carbonyl (C=O) groups excluding carboxylic acids is 2. The fraction of sp³-hybridized carbons (Fsp3) is 0.385. The largest absolute Gasteiger partial charge is 0.355 e. The van der Waals surface area contributed by atoms with E-state index in [0.29, 0.717) is 18.5 Å². The number of hydrogen-bond donors (Lipinski definition) is 1. The topological polar surface area (TPSA) is 49.4 Å². The van der Waals surface area contributed by atoms with Crippen molar-refractivity contribution in [3.8, 4) is 0 Å². The molecule has 0 aliphatic heterocycles. The molecule has 0 saturated heterocycles. The summed E-state index contributed by atoms with van der Waals surface area (Å²) in [6.07, 6.45) is 0.507. The summed E-state index contributed by atoms with van der Waals surface area (Å²) in [4.78, 5) is 24.4. The molecule has 0 spiro atoms. The summed E-state index contributed by atoms with van der Waals surface area (Å²) >= 11 is 0. The van der Waals surface area contributed by atoms with Gasteiger partial charge >= 0.3 is 0 Å². The Kier molecular flexibility index (Phi) is 4.69. The smallest absolute Gasteiger partial charge is 0.251 e. The molecule has 4 nitrogen and oxygen atoms in total. The first-order valence-corrected chi connectivity index (χ1v) is 5.63. The van der Waals surface area contributed by atoms with Crippen molar-refractivity contribution in [3.05, 3.63) is 35.4 Å². The second-order valence-corrected chi connectivity index (χ2v) is 3.88. The van der Waals surface area contributed by atoms with Crippen LogP contribution in [0.2, 0.25) is 0 Å². The Balaban J connectivity index is 2.68. The van der Waals surface area contributed by atoms with E-state index in [1.807, 2.05) is 19.1 Å². The van der Waals surface area contributed by atoms with Crippen molar-refractivity contribution in [1.82, 2.24) is 10.2 Å². The highest BCUT2D eigenvalue weighted by molar-refractivity contribution is 5.93. The van der Waals surface area contributed by atoms with Crippen LogP contribution >= 0.6 is 0 Å². The normalized spacial score (nSPS) is 9.82. The van der Waals surface area contributed by atoms with E-state index in [4.69, 9.17) is 0 Å². The highest BCUT2D eigenvalue weighted by Crippen LogP contribution is 2.07. The number of amides is 2. The van der Waals surface area contributed by atoms with E-state index in [0.717, 1.165) is 5.56 Å². The maximum atomic E-state index is 11.4. The Bertz CT molecular complexity index is 398. The van der Waals surface area contributed by atoms with E-state index < -0.39 is 0 Å². The molecule has 0 bridgehead atoms. The van der Waals surface area contributed by atoms with Crippen LogP contribution in [-0.2, 0) is 11.3 Å². The van der Waals surface area contributed by atoms with Gasteiger partial charge in [0.05, 0.1) is 0 Å². The van der Waals surface area contributed by atoms with Gasteiger partial charge in [-0.3, -0.25) is 9.59 Å². The van der Waals surface area contributed by atoms with Gasteiger partial charge in [0.25, 0.3) is 5.91 Å². The predicted molar refractivity (Wildman–Crippen MR) is 66.6 cm³/mol. The van der Waals surface area contributed by atoms with Crippen LogP contribution in [0.3, 0.4) is 0 Å². The molecule has 1 aromatic rings. The van der Waals surface area contributed by atoms with E-state index in [1.54, 1.807) is 31.1 Å². The third kappa shape index (κ3) is 3.59. The Labute approximate surface area is 102 Å². The zero-order valence-electron chi connectivity index (χ0n) is 10.5. The van der Waals surface area contributed by atoms with E-state index in [1.165, 1.54) is 0 Å². The Morgan fingerprint density at radius 2 is 1.82 bits per heavy atom. The number of hydrogen-bond acceptors (Lipinski definition) is 2. The summed E-state index contributed by atoms with van der Waals surface area (Å²) < 4.78 is 0. The summed E-state index contributed by atoms with van der Waals surface area (Å²) in [6, 6.07) is 7.25. The molecule has 1 aromatic carbocycles. The van der Waals surface area contributed by atoms with Crippen LogP contribution in [0, 0.1) is 0 Å². The summed E-state index contributed by atoms with van der Waals surface area (Å²) in [5.41, 5.74) is 1.64. The minimum atomic E-state index is -0.102. The highest BCUT2D eigenvalue weighted by atomic mass is 16.2. The van der Waals surface area contributed by atoms with Gasteiger partial charge in [-0.15, -0.1) is 0 Å². The lowest BCUT2D eigenvalue weighted by atomic mass is 10.1. The van der Waals surface area contributed by atoms with Gasteiger partial charge in [0.2, 0.25) is 5.91 Å². The predicted octanol–water partition coefficient (Wildman–Crippen LogP) is 1.41. The number of rotatable bonds is 4. The molecule has 0 atom stereocenters. The van der Waals surface area contributed by atoms with Crippen LogP contribution in [0.4, 0.5) is 0 Å². The molecule has 0 unspecified atom stereocenters. The molecule has 17 heavy (non-hydrogen) atoms. The summed E-state index contributed by atoms with van der Waals surface area (Å²) in [7, 11) is 3.38. The first kappa shape index (κ1) is 13.2. The minimum absolute atomic E-state index is 0.102. The average molecular weight is 234 g/mol. The Morgan fingerprint density at radius 3 is 2.29 bits per heavy atom. The molecule has 0 aliphatic rings. The molecule has 1 rings (SSSR count). The van der Waals surface area contributed by atoms with Crippen LogP contribution in [0.15, 0.2) is 24.3 Å². The minimum Gasteiger partial charge on any atom is -0.355 e. The van der Waals surface area contributed by atoms with Crippen molar-refractivity contribution in [3.63, 3.8) is 0 Å². The van der Waals surface area contributed by atoms with Crippen molar-refractivity contribution in [2.75, 3.05) is 14.1 Å². The number of carbonyl (C=O) groups is 2. The lowest BCUT2D eigenvalue weighted by Gasteiger charge is -2.16. The summed E-state index contributed by atoms with van der Waals surface area (Å²) in [5, 5.41) is 2.57. The number of benzene rings is 1. The highest BCUT2D eigenvalue weighted by Gasteiger charge is 2.07. The van der Waals surface area contributed by atoms with E-state index >= 15 is 0 Å². The first-order valence-electron chi connectivity index (χ1n) is 5.63. The fourth-order valence-electron chi connectivity index (χ4n) is 1.54. The van der Waals surface area contributed by atoms with Gasteiger partial charge in [0, 0.05) is 32.6 Å². The Morgan fingerprint density at radius 1 is 1.24 bits per heavy atom. The monoisotopic (exact) mass is 234 g/mol. The van der Waals surface area contributed by atoms with Crippen molar-refractivity contribution >= 4 is 11.8 Å². The molecule has 1 N–H and O–H groups in total. The number of nitrogens with zero attached hydrogens (tertiary/aromatic N) is 1. The third-order valence-electron chi connectivity index (χ3n) is 2.59. The molecule has 0 radical (unpaired) electrons. The molecular formula is C13H18N2O2. The average Bonchev–Trinajstić information content (AvgIpc) is 2.37. The molecule has 0 saturated carbocycles. The quantitative estimate of drug-likeness (QED) is 0.856. The van der Waals surface area contributed by atoms with Crippen LogP contribution < -0.4 is 5.32 Å². The van der Waals surface area contributed by atoms with Gasteiger partial charge in [-0.1, -0.05) is 19.1 Å². The van der Waals surface area contributed by atoms with Crippen LogP contribution in [-0.4, -0.2) is 30.8 Å². The molecule has 0 aromatic heterocycles. The third-order valence-corrected chi connectivity index (χ3v) is 2.59. The van der Waals surface area contributed by atoms with Gasteiger partial charge in [-0.25, -0.2) is 0 Å². The molecule has 92 valence electrons. The zero-order chi connectivity index (χ0) is 12.8. The first-order chi connectivity index (χ1) is 8.08. The van der Waals surface area contributed by atoms with Crippen LogP contribution in [0.25, 0.3) is 0 Å². The fourth-order valence-corrected chi connectivity index (χ4v) is 1.54. The molecule has 2 amide bonds. The summed E-state index contributed by atoms with van der Waals surface area (Å²) in [5.74, 6) is 0.00918.